The number of carboxylic acid groups (broad SMARTS) is 4. The molecule has 0 unspecified atom stereocenters. The van der Waals surface area contributed by atoms with E-state index in [1.807, 2.05) is 6.92 Å². The summed E-state index contributed by atoms with van der Waals surface area (Å²) in [4.78, 5) is 189. The number of nitrogen functional groups attached to an aromatic ring is 1. The predicted molar refractivity (Wildman–Crippen MR) is 373 cm³/mol. The van der Waals surface area contributed by atoms with E-state index < -0.39 is 144 Å². The lowest BCUT2D eigenvalue weighted by molar-refractivity contribution is -0.172. The highest BCUT2D eigenvalue weighted by Gasteiger charge is 2.46. The van der Waals surface area contributed by atoms with Gasteiger partial charge in [0, 0.05) is 51.4 Å². The number of benzene rings is 3. The van der Waals surface area contributed by atoms with E-state index >= 15 is 0 Å². The van der Waals surface area contributed by atoms with Crippen LogP contribution in [0.25, 0.3) is 33.5 Å². The lowest BCUT2D eigenvalue weighted by atomic mass is 9.86. The average molecular weight is 1490 g/mol. The van der Waals surface area contributed by atoms with E-state index in [0.717, 1.165) is 32.7 Å². The van der Waals surface area contributed by atoms with Crippen molar-refractivity contribution in [3.05, 3.63) is 139 Å². The molecule has 2 aliphatic rings. The van der Waals surface area contributed by atoms with Gasteiger partial charge in [-0.05, 0) is 104 Å². The number of carbonyl (C=O) groups is 11. The number of aromatic nitrogens is 6. The molecular formula is C66H70N16O21S2. The van der Waals surface area contributed by atoms with E-state index in [9.17, 15) is 87.9 Å². The van der Waals surface area contributed by atoms with E-state index in [1.165, 1.54) is 41.1 Å². The SMILES string of the molecule is CCc1c2c(nc3ccc(OC(=O)OCc4ccc(SSC[C@H](NC(=O)[C@H](CC(=O)O)NC(=O)[C@H](CCCNC(=N)N)NC(=O)[C@H](CC(=O)O)NC(=O)CC[C@H](NC(=O)c5ccc(NCc6cnc7nc(N)[nH]c(=O)c7n6)cc5)C(=O)O)C(=O)O)cc4)cc13)-c1cc3c(c(=O)n1C2)COC(=O)[C@]3(O)CC. The summed E-state index contributed by atoms with van der Waals surface area (Å²) >= 11 is 0. The fourth-order valence-electron chi connectivity index (χ4n) is 11.3. The molecule has 37 nitrogen and oxygen atoms in total. The summed E-state index contributed by atoms with van der Waals surface area (Å²) in [6, 6.07) is 9.61. The topological polar surface area (TPSA) is 583 Å². The van der Waals surface area contributed by atoms with Gasteiger partial charge in [0.1, 0.15) is 49.2 Å². The number of ether oxygens (including phenoxy) is 3. The van der Waals surface area contributed by atoms with Gasteiger partial charge in [-0.2, -0.15) is 4.98 Å². The maximum absolute atomic E-state index is 14.0. The number of guanidine groups is 1. The zero-order valence-electron chi connectivity index (χ0n) is 55.8. The van der Waals surface area contributed by atoms with Crippen molar-refractivity contribution < 1.29 is 92.5 Å². The molecule has 0 fully saturated rings. The number of carboxylic acids is 4. The van der Waals surface area contributed by atoms with Gasteiger partial charge in [-0.3, -0.25) is 53.5 Å². The fraction of sp³-hybridized carbons (Fsp3) is 0.333. The first-order chi connectivity index (χ1) is 50.0. The van der Waals surface area contributed by atoms with Gasteiger partial charge in [0.05, 0.1) is 60.3 Å². The number of rotatable bonds is 34. The number of hydrogen-bond donors (Lipinski definition) is 16. The Morgan fingerprint density at radius 2 is 1.45 bits per heavy atom. The van der Waals surface area contributed by atoms with Crippen LogP contribution < -0.4 is 64.5 Å². The summed E-state index contributed by atoms with van der Waals surface area (Å²) in [6.45, 7) is 3.21. The van der Waals surface area contributed by atoms with Crippen molar-refractivity contribution in [2.45, 2.75) is 132 Å². The third-order valence-electron chi connectivity index (χ3n) is 16.6. The molecule has 0 spiro atoms. The van der Waals surface area contributed by atoms with Crippen LogP contribution in [-0.2, 0) is 90.9 Å². The molecule has 105 heavy (non-hydrogen) atoms. The maximum Gasteiger partial charge on any atom is 0.514 e. The van der Waals surface area contributed by atoms with Gasteiger partial charge >= 0.3 is 36.0 Å². The summed E-state index contributed by atoms with van der Waals surface area (Å²) in [6.07, 6.45) is -3.07. The van der Waals surface area contributed by atoms with Crippen molar-refractivity contribution in [2.75, 3.05) is 23.3 Å². The quantitative estimate of drug-likeness (QED) is 0.00673. The molecule has 2 aliphatic heterocycles. The number of nitrogens with zero attached hydrogens (tertiary/aromatic N) is 5. The molecule has 0 saturated heterocycles. The number of aliphatic carboxylic acids is 4. The first kappa shape index (κ1) is 76.9. The third-order valence-corrected chi connectivity index (χ3v) is 19.0. The second-order valence-electron chi connectivity index (χ2n) is 23.8. The number of aromatic amines is 1. The Kier molecular flexibility index (Phi) is 25.0. The number of aryl methyl sites for hydroxylation is 1. The summed E-state index contributed by atoms with van der Waals surface area (Å²) < 4.78 is 17.7. The third kappa shape index (κ3) is 19.3. The Balaban J connectivity index is 0.750. The molecular weight excluding hydrogens is 1420 g/mol. The number of pyridine rings is 2. The summed E-state index contributed by atoms with van der Waals surface area (Å²) in [5.41, 5.74) is 12.8. The van der Waals surface area contributed by atoms with Crippen molar-refractivity contribution in [3.8, 4) is 17.1 Å². The highest BCUT2D eigenvalue weighted by molar-refractivity contribution is 8.76. The van der Waals surface area contributed by atoms with Gasteiger partial charge < -0.3 is 93.0 Å². The molecule has 0 saturated carbocycles. The monoisotopic (exact) mass is 1490 g/mol. The minimum atomic E-state index is -1.99. The van der Waals surface area contributed by atoms with Gasteiger partial charge in [0.2, 0.25) is 29.6 Å². The Labute approximate surface area is 600 Å². The molecule has 3 aromatic carbocycles. The van der Waals surface area contributed by atoms with Crippen molar-refractivity contribution in [2.24, 2.45) is 5.73 Å². The van der Waals surface area contributed by atoms with Gasteiger partial charge in [-0.1, -0.05) is 47.6 Å². The number of fused-ring (bicyclic) bond motifs is 6. The molecule has 18 N–H and O–H groups in total. The number of aliphatic hydroxyl groups is 1. The minimum Gasteiger partial charge on any atom is -0.481 e. The number of nitrogens with two attached hydrogens (primary N) is 2. The van der Waals surface area contributed by atoms with Crippen molar-refractivity contribution in [1.82, 2.24) is 61.4 Å². The van der Waals surface area contributed by atoms with E-state index in [1.54, 1.807) is 49.4 Å². The largest absolute Gasteiger partial charge is 0.514 e. The highest BCUT2D eigenvalue weighted by atomic mass is 33.1. The molecule has 7 aromatic rings. The number of H-pyrrole nitrogens is 1. The van der Waals surface area contributed by atoms with E-state index in [-0.39, 0.29) is 97.4 Å². The Morgan fingerprint density at radius 3 is 2.10 bits per heavy atom. The van der Waals surface area contributed by atoms with Crippen LogP contribution in [0.3, 0.4) is 0 Å². The van der Waals surface area contributed by atoms with Crippen LogP contribution in [0.15, 0.2) is 93.5 Å². The second-order valence-corrected chi connectivity index (χ2v) is 26.3. The molecule has 6 heterocycles. The average Bonchev–Trinajstić information content (AvgIpc) is 1.60. The Bertz CT molecular complexity index is 4730. The van der Waals surface area contributed by atoms with Crippen LogP contribution in [-0.4, -0.2) is 169 Å². The van der Waals surface area contributed by atoms with Crippen LogP contribution in [0, 0.1) is 5.41 Å². The van der Waals surface area contributed by atoms with Crippen LogP contribution in [0.1, 0.15) is 103 Å². The highest BCUT2D eigenvalue weighted by Crippen LogP contribution is 2.41. The molecule has 9 rings (SSSR count). The van der Waals surface area contributed by atoms with Crippen molar-refractivity contribution in [1.29, 1.82) is 5.41 Å². The summed E-state index contributed by atoms with van der Waals surface area (Å²) in [5, 5.41) is 75.7. The number of esters is 1. The molecule has 0 aliphatic carbocycles. The van der Waals surface area contributed by atoms with E-state index in [0.29, 0.717) is 50.6 Å². The first-order valence-electron chi connectivity index (χ1n) is 32.2. The van der Waals surface area contributed by atoms with Crippen LogP contribution >= 0.6 is 21.6 Å². The predicted octanol–water partition coefficient (Wildman–Crippen LogP) is 1.22. The number of cyclic esters (lactones) is 1. The molecule has 552 valence electrons. The Hall–Kier alpha value is -12.3. The second kappa shape index (κ2) is 34.1. The standard InChI is InChI=1S/C66H70N16O21S2/c1-3-36-37-20-34(13-16-41(37)75-51-38(36)26-82-47(51)21-40-39(59(82)93)28-101-62(98)66(40,100)4-2)103-65(99)102-27-30-7-14-35(15-8-30)105-104-29-46(61(96)97)79-57(91)45(23-50(86)87)78-55(89)42(6-5-19-70-63(67)68)76-56(90)44(22-49(84)85)74-48(83)18-17-43(60(94)95)77-54(88)31-9-11-32(12-10-31)71-24-33-25-72-53-52(73-33)58(92)81-64(69)80-53/h7-16,20-21,25,42-46,71,100H,3-6,17-19,22-24,26-29H2,1-2H3,(H,74,83)(H,76,90)(H,77,88)(H,78,89)(H,79,91)(H,84,85)(H,86,87)(H,94,95)(H,96,97)(H4,67,68,70)(H3,69,72,80,81,92)/t42-,43-,44-,45-,46-,66-/m0/s1. The number of nitrogens with one attached hydrogen (secondary N) is 9. The molecule has 39 heteroatoms. The Morgan fingerprint density at radius 1 is 0.781 bits per heavy atom. The van der Waals surface area contributed by atoms with Crippen LogP contribution in [0.4, 0.5) is 16.4 Å². The van der Waals surface area contributed by atoms with Crippen molar-refractivity contribution in [3.63, 3.8) is 0 Å². The van der Waals surface area contributed by atoms with Gasteiger partial charge in [-0.25, -0.2) is 34.1 Å². The zero-order valence-corrected chi connectivity index (χ0v) is 57.4. The normalized spacial score (nSPS) is 14.8. The fourth-order valence-corrected chi connectivity index (χ4v) is 13.4. The zero-order chi connectivity index (χ0) is 76.0. The van der Waals surface area contributed by atoms with Gasteiger partial charge in [-0.15, -0.1) is 0 Å². The van der Waals surface area contributed by atoms with Crippen LogP contribution in [0.2, 0.25) is 0 Å². The molecule has 5 amide bonds. The first-order valence-corrected chi connectivity index (χ1v) is 34.5. The number of hydrogen-bond acceptors (Lipinski definition) is 26. The minimum absolute atomic E-state index is 0.00256. The lowest BCUT2D eigenvalue weighted by Gasteiger charge is -2.31. The summed E-state index contributed by atoms with van der Waals surface area (Å²) in [5.74, 6) is -13.7. The molecule has 6 atom stereocenters. The summed E-state index contributed by atoms with van der Waals surface area (Å²) in [7, 11) is 2.05. The maximum atomic E-state index is 14.0. The molecule has 0 radical (unpaired) electrons. The van der Waals surface area contributed by atoms with Crippen molar-refractivity contribution >= 4 is 127 Å². The number of amides is 5. The van der Waals surface area contributed by atoms with E-state index in [2.05, 4.69) is 57.2 Å². The molecule has 0 bridgehead atoms. The lowest BCUT2D eigenvalue weighted by Crippen LogP contribution is -2.58. The number of carbonyl (C=O) groups excluding carboxylic acids is 7. The van der Waals surface area contributed by atoms with Crippen LogP contribution in [0.5, 0.6) is 5.75 Å². The molecule has 4 aromatic heterocycles. The number of anilines is 2. The van der Waals surface area contributed by atoms with E-state index in [4.69, 9.17) is 36.1 Å². The van der Waals surface area contributed by atoms with Gasteiger partial charge in [0.15, 0.2) is 22.7 Å². The smallest absolute Gasteiger partial charge is 0.481 e. The van der Waals surface area contributed by atoms with Gasteiger partial charge in [0.25, 0.3) is 17.0 Å².